The van der Waals surface area contributed by atoms with E-state index in [0.717, 1.165) is 47.9 Å². The molecule has 0 saturated carbocycles. The SMILES string of the molecule is O=C1NCCCC[C@@H]1Nc1nc2ccccc2c2nc(-c3ccccc3)nn12. The predicted molar refractivity (Wildman–Crippen MR) is 108 cm³/mol. The number of rotatable bonds is 3. The molecule has 0 unspecified atom stereocenters. The third-order valence-electron chi connectivity index (χ3n) is 5.05. The quantitative estimate of drug-likeness (QED) is 0.577. The molecule has 1 fully saturated rings. The second-order valence-corrected chi connectivity index (χ2v) is 6.97. The average molecular weight is 372 g/mol. The molecule has 28 heavy (non-hydrogen) atoms. The molecule has 0 bridgehead atoms. The van der Waals surface area contributed by atoms with Crippen molar-refractivity contribution in [2.45, 2.75) is 25.3 Å². The molecule has 2 aromatic carbocycles. The lowest BCUT2D eigenvalue weighted by molar-refractivity contribution is -0.121. The lowest BCUT2D eigenvalue weighted by atomic mass is 10.1. The molecule has 1 amide bonds. The highest BCUT2D eigenvalue weighted by molar-refractivity contribution is 5.93. The number of para-hydroxylation sites is 1. The van der Waals surface area contributed by atoms with Crippen LogP contribution >= 0.6 is 0 Å². The Morgan fingerprint density at radius 1 is 1.00 bits per heavy atom. The summed E-state index contributed by atoms with van der Waals surface area (Å²) in [6.45, 7) is 0.721. The van der Waals surface area contributed by atoms with Gasteiger partial charge in [0.25, 0.3) is 0 Å². The Morgan fingerprint density at radius 3 is 2.71 bits per heavy atom. The van der Waals surface area contributed by atoms with Crippen molar-refractivity contribution in [3.05, 3.63) is 54.6 Å². The van der Waals surface area contributed by atoms with E-state index in [9.17, 15) is 4.79 Å². The molecule has 5 rings (SSSR count). The van der Waals surface area contributed by atoms with Gasteiger partial charge in [-0.15, -0.1) is 5.10 Å². The second kappa shape index (κ2) is 6.92. The van der Waals surface area contributed by atoms with Gasteiger partial charge in [-0.1, -0.05) is 42.5 Å². The summed E-state index contributed by atoms with van der Waals surface area (Å²) < 4.78 is 1.71. The van der Waals surface area contributed by atoms with Crippen molar-refractivity contribution in [3.8, 4) is 11.4 Å². The number of carbonyl (C=O) groups excluding carboxylic acids is 1. The monoisotopic (exact) mass is 372 g/mol. The Labute approximate surface area is 161 Å². The number of hydrogen-bond donors (Lipinski definition) is 2. The van der Waals surface area contributed by atoms with Crippen LogP contribution in [0.5, 0.6) is 0 Å². The maximum absolute atomic E-state index is 12.4. The van der Waals surface area contributed by atoms with Gasteiger partial charge in [0.2, 0.25) is 11.9 Å². The van der Waals surface area contributed by atoms with Crippen LogP contribution in [-0.4, -0.2) is 38.1 Å². The molecular weight excluding hydrogens is 352 g/mol. The molecule has 2 aromatic heterocycles. The van der Waals surface area contributed by atoms with Gasteiger partial charge in [0.1, 0.15) is 6.04 Å². The highest BCUT2D eigenvalue weighted by Gasteiger charge is 2.23. The number of benzene rings is 2. The zero-order chi connectivity index (χ0) is 18.9. The van der Waals surface area contributed by atoms with Crippen molar-refractivity contribution in [2.75, 3.05) is 11.9 Å². The highest BCUT2D eigenvalue weighted by atomic mass is 16.2. The number of nitrogens with one attached hydrogen (secondary N) is 2. The molecule has 1 aliphatic heterocycles. The van der Waals surface area contributed by atoms with Gasteiger partial charge >= 0.3 is 0 Å². The van der Waals surface area contributed by atoms with Gasteiger partial charge in [-0.05, 0) is 31.4 Å². The van der Waals surface area contributed by atoms with Gasteiger partial charge in [0, 0.05) is 17.5 Å². The molecule has 7 nitrogen and oxygen atoms in total. The molecule has 1 aliphatic rings. The van der Waals surface area contributed by atoms with E-state index < -0.39 is 0 Å². The summed E-state index contributed by atoms with van der Waals surface area (Å²) in [5, 5.41) is 11.9. The van der Waals surface area contributed by atoms with Crippen molar-refractivity contribution in [1.29, 1.82) is 0 Å². The Hall–Kier alpha value is -3.48. The van der Waals surface area contributed by atoms with Crippen molar-refractivity contribution in [1.82, 2.24) is 24.9 Å². The van der Waals surface area contributed by atoms with E-state index in [0.29, 0.717) is 11.8 Å². The molecule has 7 heteroatoms. The molecule has 1 atom stereocenters. The lowest BCUT2D eigenvalue weighted by Crippen LogP contribution is -2.38. The predicted octanol–water partition coefficient (Wildman–Crippen LogP) is 3.03. The van der Waals surface area contributed by atoms with Crippen LogP contribution in [0.1, 0.15) is 19.3 Å². The number of carbonyl (C=O) groups is 1. The lowest BCUT2D eigenvalue weighted by Gasteiger charge is -2.16. The summed E-state index contributed by atoms with van der Waals surface area (Å²) in [5.74, 6) is 1.17. The number of fused-ring (bicyclic) bond motifs is 3. The number of anilines is 1. The normalized spacial score (nSPS) is 17.4. The zero-order valence-corrected chi connectivity index (χ0v) is 15.3. The first-order chi connectivity index (χ1) is 13.8. The Kier molecular flexibility index (Phi) is 4.12. The van der Waals surface area contributed by atoms with Crippen LogP contribution in [0.15, 0.2) is 54.6 Å². The number of nitrogens with zero attached hydrogens (tertiary/aromatic N) is 4. The second-order valence-electron chi connectivity index (χ2n) is 6.97. The van der Waals surface area contributed by atoms with Gasteiger partial charge < -0.3 is 10.6 Å². The fraction of sp³-hybridized carbons (Fsp3) is 0.238. The van der Waals surface area contributed by atoms with Crippen molar-refractivity contribution >= 4 is 28.4 Å². The molecule has 3 heterocycles. The minimum atomic E-state index is -0.330. The third kappa shape index (κ3) is 2.94. The van der Waals surface area contributed by atoms with Gasteiger partial charge in [-0.25, -0.2) is 9.97 Å². The summed E-state index contributed by atoms with van der Waals surface area (Å²) in [7, 11) is 0. The van der Waals surface area contributed by atoms with Crippen molar-refractivity contribution in [2.24, 2.45) is 0 Å². The molecule has 0 spiro atoms. The summed E-state index contributed by atoms with van der Waals surface area (Å²) in [5.41, 5.74) is 2.48. The molecule has 4 aromatic rings. The zero-order valence-electron chi connectivity index (χ0n) is 15.3. The maximum atomic E-state index is 12.4. The van der Waals surface area contributed by atoms with E-state index >= 15 is 0 Å². The summed E-state index contributed by atoms with van der Waals surface area (Å²) in [6, 6.07) is 17.4. The smallest absolute Gasteiger partial charge is 0.242 e. The Morgan fingerprint density at radius 2 is 1.82 bits per heavy atom. The summed E-state index contributed by atoms with van der Waals surface area (Å²) >= 11 is 0. The van der Waals surface area contributed by atoms with E-state index in [4.69, 9.17) is 15.1 Å². The number of hydrogen-bond acceptors (Lipinski definition) is 5. The fourth-order valence-electron chi connectivity index (χ4n) is 3.59. The minimum Gasteiger partial charge on any atom is -0.354 e. The molecule has 0 aliphatic carbocycles. The average Bonchev–Trinajstić information content (AvgIpc) is 3.09. The van der Waals surface area contributed by atoms with Gasteiger partial charge in [0.15, 0.2) is 11.5 Å². The number of amides is 1. The van der Waals surface area contributed by atoms with Crippen LogP contribution in [-0.2, 0) is 4.79 Å². The van der Waals surface area contributed by atoms with E-state index in [-0.39, 0.29) is 11.9 Å². The van der Waals surface area contributed by atoms with E-state index in [2.05, 4.69) is 10.6 Å². The van der Waals surface area contributed by atoms with Crippen LogP contribution in [0.4, 0.5) is 5.95 Å². The maximum Gasteiger partial charge on any atom is 0.242 e. The minimum absolute atomic E-state index is 0.00371. The van der Waals surface area contributed by atoms with Crippen LogP contribution < -0.4 is 10.6 Å². The highest BCUT2D eigenvalue weighted by Crippen LogP contribution is 2.24. The van der Waals surface area contributed by atoms with Gasteiger partial charge in [-0.3, -0.25) is 4.79 Å². The van der Waals surface area contributed by atoms with Crippen LogP contribution in [0.25, 0.3) is 27.9 Å². The molecule has 140 valence electrons. The molecule has 2 N–H and O–H groups in total. The largest absolute Gasteiger partial charge is 0.354 e. The van der Waals surface area contributed by atoms with Crippen molar-refractivity contribution < 1.29 is 4.79 Å². The first-order valence-electron chi connectivity index (χ1n) is 9.55. The van der Waals surface area contributed by atoms with Gasteiger partial charge in [0.05, 0.1) is 5.52 Å². The van der Waals surface area contributed by atoms with Crippen LogP contribution in [0.3, 0.4) is 0 Å². The van der Waals surface area contributed by atoms with E-state index in [1.54, 1.807) is 4.52 Å². The van der Waals surface area contributed by atoms with E-state index in [1.807, 2.05) is 54.6 Å². The van der Waals surface area contributed by atoms with Gasteiger partial charge in [-0.2, -0.15) is 4.52 Å². The van der Waals surface area contributed by atoms with Crippen LogP contribution in [0.2, 0.25) is 0 Å². The Bertz CT molecular complexity index is 1150. The summed E-state index contributed by atoms with van der Waals surface area (Å²) in [4.78, 5) is 21.9. The fourth-order valence-corrected chi connectivity index (χ4v) is 3.59. The number of aromatic nitrogens is 4. The standard InChI is InChI=1S/C21H20N6O/c28-20-17(12-6-7-13-22-20)24-21-23-16-11-5-4-10-15(16)19-25-18(26-27(19)21)14-8-2-1-3-9-14/h1-5,8-11,17H,6-7,12-13H2,(H,22,28)(H,23,24)/t17-/m0/s1. The summed E-state index contributed by atoms with van der Waals surface area (Å²) in [6.07, 6.45) is 2.74. The third-order valence-corrected chi connectivity index (χ3v) is 5.05. The molecule has 0 radical (unpaired) electrons. The Balaban J connectivity index is 1.66. The van der Waals surface area contributed by atoms with E-state index in [1.165, 1.54) is 0 Å². The van der Waals surface area contributed by atoms with Crippen LogP contribution in [0, 0.1) is 0 Å². The first-order valence-corrected chi connectivity index (χ1v) is 9.55. The topological polar surface area (TPSA) is 84.2 Å². The molecule has 1 saturated heterocycles. The first kappa shape index (κ1) is 16.7. The molecular formula is C21H20N6O. The van der Waals surface area contributed by atoms with Crippen molar-refractivity contribution in [3.63, 3.8) is 0 Å².